The topological polar surface area (TPSA) is 417 Å². The van der Waals surface area contributed by atoms with Gasteiger partial charge in [-0.15, -0.1) is 0 Å². The van der Waals surface area contributed by atoms with Gasteiger partial charge in [0, 0.05) is 136 Å². The van der Waals surface area contributed by atoms with Gasteiger partial charge in [0.05, 0.1) is 35.5 Å². The SMILES string of the molecule is CO[C@H]1/C=C/O[C@@]2(C)Oc3c(C)c(O)c4c(=O)c(c5oc6cc(N7CCC(N(C)C(=O)OCc8ccc(NC(=O)[C@H](CCCNC(N)=O)NC(=O)[C@@H](NC(=O)CCCCCN9C(=O)C=CC9=O)C(C)C)cc8)CC7)ccc6nc-5c4c3C2=O)NC(=O)/C(C)=C\C=C\[C@H](C)[C@H](O)[C@@H](C)[C@@H](O)[C@@H](C)[C@H](OC(C)=O)[C@@H]1C. The molecule has 0 radical (unpaired) electrons. The number of aromatic nitrogens is 1. The fourth-order valence-electron chi connectivity index (χ4n) is 14.0. The second-order valence-corrected chi connectivity index (χ2v) is 28.7. The Kier molecular flexibility index (Phi) is 26.6. The van der Waals surface area contributed by atoms with E-state index in [1.54, 1.807) is 97.1 Å². The minimum Gasteiger partial charge on any atom is -0.507 e. The van der Waals surface area contributed by atoms with Crippen molar-refractivity contribution in [2.24, 2.45) is 35.3 Å². The van der Waals surface area contributed by atoms with Gasteiger partial charge >= 0.3 is 23.9 Å². The summed E-state index contributed by atoms with van der Waals surface area (Å²) in [5.74, 6) is -10.5. The maximum absolute atomic E-state index is 15.2. The summed E-state index contributed by atoms with van der Waals surface area (Å²) < 4.78 is 36.6. The molecule has 9 rings (SSSR count). The molecule has 108 heavy (non-hydrogen) atoms. The number of Topliss-reactive ketones (excluding diaryl/α,β-unsaturated/α-hetero) is 1. The Hall–Kier alpha value is -10.7. The van der Waals surface area contributed by atoms with Gasteiger partial charge in [-0.2, -0.15) is 0 Å². The number of hydrogen-bond donors (Lipinski definition) is 9. The molecule has 1 aliphatic carbocycles. The molecule has 4 bridgehead atoms. The monoisotopic (exact) mass is 1490 g/mol. The molecule has 580 valence electrons. The highest BCUT2D eigenvalue weighted by atomic mass is 16.7. The Morgan fingerprint density at radius 3 is 2.21 bits per heavy atom. The molecule has 10 N–H and O–H groups in total. The number of aromatic hydroxyl groups is 1. The molecule has 3 aromatic carbocycles. The number of esters is 1. The summed E-state index contributed by atoms with van der Waals surface area (Å²) in [5.41, 5.74) is 5.94. The number of ketones is 1. The van der Waals surface area contributed by atoms with E-state index < -0.39 is 124 Å². The number of carbonyl (C=O) groups excluding carboxylic acids is 10. The number of nitrogens with two attached hydrogens (primary N) is 1. The highest BCUT2D eigenvalue weighted by Gasteiger charge is 2.50. The number of aliphatic hydroxyl groups excluding tert-OH is 2. The van der Waals surface area contributed by atoms with Crippen LogP contribution in [0.15, 0.2) is 100.0 Å². The van der Waals surface area contributed by atoms with E-state index in [0.29, 0.717) is 62.1 Å². The Morgan fingerprint density at radius 2 is 1.56 bits per heavy atom. The van der Waals surface area contributed by atoms with E-state index in [0.717, 1.165) is 4.90 Å². The average Bonchev–Trinajstić information content (AvgIpc) is 1.42. The largest absolute Gasteiger partial charge is 0.507 e. The van der Waals surface area contributed by atoms with Gasteiger partial charge in [-0.25, -0.2) is 14.6 Å². The maximum Gasteiger partial charge on any atom is 0.410 e. The van der Waals surface area contributed by atoms with Gasteiger partial charge in [-0.3, -0.25) is 48.1 Å². The highest BCUT2D eigenvalue weighted by molar-refractivity contribution is 6.22. The number of rotatable bonds is 22. The summed E-state index contributed by atoms with van der Waals surface area (Å²) in [4.78, 5) is 156. The van der Waals surface area contributed by atoms with Crippen LogP contribution in [0.25, 0.3) is 33.3 Å². The van der Waals surface area contributed by atoms with Gasteiger partial charge in [0.1, 0.15) is 53.2 Å². The molecule has 1 fully saturated rings. The Labute approximate surface area is 625 Å². The number of aliphatic hydroxyl groups is 2. The molecule has 0 saturated carbocycles. The van der Waals surface area contributed by atoms with Crippen LogP contribution in [0.5, 0.6) is 11.5 Å². The van der Waals surface area contributed by atoms with Crippen molar-refractivity contribution in [1.29, 1.82) is 0 Å². The third kappa shape index (κ3) is 18.6. The minimum atomic E-state index is -2.12. The van der Waals surface area contributed by atoms with Crippen molar-refractivity contribution in [3.05, 3.63) is 118 Å². The predicted molar refractivity (Wildman–Crippen MR) is 399 cm³/mol. The molecule has 11 atom stereocenters. The van der Waals surface area contributed by atoms with E-state index in [-0.39, 0.29) is 124 Å². The number of carbonyl (C=O) groups is 10. The molecule has 30 heteroatoms. The summed E-state index contributed by atoms with van der Waals surface area (Å²) in [7, 11) is 3.08. The third-order valence-corrected chi connectivity index (χ3v) is 20.6. The van der Waals surface area contributed by atoms with Crippen LogP contribution in [0.4, 0.5) is 26.7 Å². The summed E-state index contributed by atoms with van der Waals surface area (Å²) >= 11 is 0. The summed E-state index contributed by atoms with van der Waals surface area (Å²) in [5, 5.41) is 48.4. The van der Waals surface area contributed by atoms with Crippen molar-refractivity contribution < 1.29 is 91.4 Å². The van der Waals surface area contributed by atoms with Crippen LogP contribution in [0.1, 0.15) is 135 Å². The number of urea groups is 1. The number of methoxy groups -OCH3 is 1. The molecule has 6 aliphatic rings. The van der Waals surface area contributed by atoms with Crippen molar-refractivity contribution in [2.45, 2.75) is 176 Å². The number of amides is 9. The number of phenols is 1. The molecule has 1 saturated heterocycles. The standard InChI is InChI=1S/C78H98N10O20/c1-40(2)62(84-56(90)21-14-13-15-34-88-57(91)28-29-58(88)92)75(100)83-53(20-17-33-80-76(79)101)74(99)81-49-24-22-48(23-25-49)39-104-77(102)86(11)50-30-35-87(36-31-50)51-26-27-52-55(38-51)107-71-63(82-52)59-60-67(95)46(8)70-61(59)72(97)78(10,108-70)105-37-32-54(103-12)43(5)69(106-47(9)89)45(7)66(94)44(6)65(93)41(3)18-16-19-42(4)73(98)85-64(71)68(60)96/h16,18-19,22-29,32,37-38,40-41,43-45,50,53-54,62,65-66,69,93-95H,13-15,17,20-21,30-31,33-36,39H2,1-12H3,(H,81,99)(H,83,100)(H,84,90)(H,85,98)(H3,79,80,101)/b18-16+,37-32+,42-19-/t41-,43+,44+,45+,53-,54-,62-,65-,66+,69+,78-/m0/s1. The van der Waals surface area contributed by atoms with Gasteiger partial charge in [0.25, 0.3) is 23.5 Å². The van der Waals surface area contributed by atoms with Crippen LogP contribution in [0.3, 0.4) is 0 Å². The number of allylic oxidation sites excluding steroid dienone is 2. The van der Waals surface area contributed by atoms with Crippen molar-refractivity contribution >= 4 is 98.3 Å². The lowest BCUT2D eigenvalue weighted by atomic mass is 9.78. The summed E-state index contributed by atoms with van der Waals surface area (Å²) in [6.07, 6.45) is 8.08. The number of benzene rings is 4. The number of piperidine rings is 1. The second kappa shape index (κ2) is 35.3. The molecule has 0 unspecified atom stereocenters. The van der Waals surface area contributed by atoms with Crippen molar-refractivity contribution in [3.63, 3.8) is 0 Å². The number of imide groups is 1. The lowest BCUT2D eigenvalue weighted by Gasteiger charge is -2.38. The zero-order valence-corrected chi connectivity index (χ0v) is 62.9. The minimum absolute atomic E-state index is 0.0117. The summed E-state index contributed by atoms with van der Waals surface area (Å²) in [6.45, 7) is 17.1. The zero-order valence-electron chi connectivity index (χ0n) is 62.9. The molecular formula is C78H98N10O20. The van der Waals surface area contributed by atoms with E-state index in [2.05, 4.69) is 31.5 Å². The Morgan fingerprint density at radius 1 is 0.861 bits per heavy atom. The molecule has 0 spiro atoms. The molecule has 30 nitrogen and oxygen atoms in total. The van der Waals surface area contributed by atoms with Crippen LogP contribution >= 0.6 is 0 Å². The first-order valence-electron chi connectivity index (χ1n) is 36.3. The maximum atomic E-state index is 15.2. The Bertz CT molecular complexity index is 4390. The van der Waals surface area contributed by atoms with Crippen molar-refractivity contribution in [2.75, 3.05) is 55.9 Å². The number of hydrogen-bond acceptors (Lipinski definition) is 22. The van der Waals surface area contributed by atoms with Gasteiger partial charge in [0.2, 0.25) is 23.2 Å². The number of phenolic OH excluding ortho intramolecular Hbond substituents is 1. The third-order valence-electron chi connectivity index (χ3n) is 20.6. The fourth-order valence-corrected chi connectivity index (χ4v) is 14.0. The molecule has 5 aliphatic heterocycles. The number of unbranched alkanes of at least 4 members (excludes halogenated alkanes) is 2. The van der Waals surface area contributed by atoms with E-state index in [9.17, 15) is 58.5 Å². The smallest absolute Gasteiger partial charge is 0.410 e. The van der Waals surface area contributed by atoms with Crippen molar-refractivity contribution in [3.8, 4) is 23.0 Å². The van der Waals surface area contributed by atoms with Crippen LogP contribution in [0.2, 0.25) is 0 Å². The predicted octanol–water partition coefficient (Wildman–Crippen LogP) is 7.68. The van der Waals surface area contributed by atoms with Gasteiger partial charge < -0.3 is 85.5 Å². The normalized spacial score (nSPS) is 23.8. The first kappa shape index (κ1) is 81.4. The average molecular weight is 1500 g/mol. The number of ether oxygens (including phenoxy) is 5. The number of fused-ring (bicyclic) bond motifs is 2. The molecular weight excluding hydrogens is 1400 g/mol. The van der Waals surface area contributed by atoms with Crippen LogP contribution in [-0.4, -0.2) is 178 Å². The zero-order chi connectivity index (χ0) is 78.7. The van der Waals surface area contributed by atoms with Crippen LogP contribution in [-0.2, 0) is 59.1 Å². The Balaban J connectivity index is 0.882. The fraction of sp³-hybridized carbons (Fsp3) is 0.487. The van der Waals surface area contributed by atoms with Crippen LogP contribution in [0, 0.1) is 36.5 Å². The molecule has 9 amide bonds. The quantitative estimate of drug-likeness (QED) is 0.0105. The molecule has 0 aromatic heterocycles. The van der Waals surface area contributed by atoms with Gasteiger partial charge in [-0.1, -0.05) is 78.3 Å². The highest BCUT2D eigenvalue weighted by Crippen LogP contribution is 2.51. The molecule has 5 heterocycles. The second-order valence-electron chi connectivity index (χ2n) is 28.7. The number of anilines is 3. The number of primary amides is 1. The first-order chi connectivity index (χ1) is 51.2. The summed E-state index contributed by atoms with van der Waals surface area (Å²) in [6, 6.07) is 8.71. The van der Waals surface area contributed by atoms with Crippen LogP contribution < -0.4 is 47.4 Å². The van der Waals surface area contributed by atoms with E-state index in [1.165, 1.54) is 70.3 Å². The van der Waals surface area contributed by atoms with Gasteiger partial charge in [0.15, 0.2) is 11.3 Å². The lowest BCUT2D eigenvalue weighted by Crippen LogP contribution is -2.54. The van der Waals surface area contributed by atoms with E-state index in [4.69, 9.17) is 38.8 Å². The number of nitrogens with one attached hydrogen (secondary N) is 5. The van der Waals surface area contributed by atoms with E-state index in [1.807, 2.05) is 6.07 Å². The number of nitrogens with zero attached hydrogens (tertiary/aromatic N) is 4. The lowest BCUT2D eigenvalue weighted by molar-refractivity contribution is -0.160. The van der Waals surface area contributed by atoms with E-state index >= 15 is 9.59 Å². The van der Waals surface area contributed by atoms with Crippen molar-refractivity contribution in [1.82, 2.24) is 30.7 Å². The van der Waals surface area contributed by atoms with Gasteiger partial charge in [-0.05, 0) is 94.2 Å². The molecule has 3 aromatic rings. The first-order valence-corrected chi connectivity index (χ1v) is 36.3.